The number of carbonyl (C=O) groups is 1. The van der Waals surface area contributed by atoms with Gasteiger partial charge in [-0.3, -0.25) is 24.0 Å². The molecule has 3 rings (SSSR count). The Bertz CT molecular complexity index is 1480. The molecule has 1 aliphatic heterocycles. The molecule has 7 nitrogen and oxygen atoms in total. The van der Waals surface area contributed by atoms with Crippen molar-refractivity contribution in [3.63, 3.8) is 0 Å². The highest BCUT2D eigenvalue weighted by Gasteiger charge is 2.35. The lowest BCUT2D eigenvalue weighted by Gasteiger charge is -2.28. The summed E-state index contributed by atoms with van der Waals surface area (Å²) >= 11 is 0. The van der Waals surface area contributed by atoms with E-state index in [0.717, 1.165) is 11.6 Å². The average molecular weight is 568 g/mol. The molecule has 1 aromatic carbocycles. The van der Waals surface area contributed by atoms with Gasteiger partial charge >= 0.3 is 6.18 Å². The van der Waals surface area contributed by atoms with Crippen molar-refractivity contribution in [3.8, 4) is 0 Å². The second kappa shape index (κ2) is 13.5. The van der Waals surface area contributed by atoms with Crippen molar-refractivity contribution in [2.24, 2.45) is 4.99 Å². The van der Waals surface area contributed by atoms with Gasteiger partial charge in [0.1, 0.15) is 0 Å². The van der Waals surface area contributed by atoms with Crippen LogP contribution in [0.5, 0.6) is 0 Å². The lowest BCUT2D eigenvalue weighted by molar-refractivity contribution is -0.137. The molecule has 0 fully saturated rings. The highest BCUT2D eigenvalue weighted by molar-refractivity contribution is 5.94. The summed E-state index contributed by atoms with van der Waals surface area (Å²) in [6, 6.07) is 7.07. The van der Waals surface area contributed by atoms with Crippen LogP contribution in [-0.2, 0) is 6.18 Å². The van der Waals surface area contributed by atoms with Gasteiger partial charge in [-0.1, -0.05) is 30.4 Å². The fraction of sp³-hybridized carbons (Fsp3) is 0.323. The van der Waals surface area contributed by atoms with Crippen LogP contribution in [0.3, 0.4) is 0 Å². The van der Waals surface area contributed by atoms with Crippen LogP contribution in [0.1, 0.15) is 34.8 Å². The molecule has 0 spiro atoms. The summed E-state index contributed by atoms with van der Waals surface area (Å²) in [5, 5.41) is 2.94. The van der Waals surface area contributed by atoms with Gasteiger partial charge in [0, 0.05) is 77.6 Å². The molecule has 218 valence electrons. The minimum Gasteiger partial charge on any atom is -0.388 e. The number of allylic oxidation sites excluding steroid dienone is 4. The van der Waals surface area contributed by atoms with E-state index in [1.54, 1.807) is 38.6 Å². The van der Waals surface area contributed by atoms with Gasteiger partial charge in [0.25, 0.3) is 11.5 Å². The SMILES string of the molecule is C=C(/C=C(\C)CN1CC=C(c2ccc(C(=O)N(C)C)cc2C(F)(F)F)CC1)/C(=C\C=NC)n1ccc(NC)cc1=O. The number of halogens is 3. The van der Waals surface area contributed by atoms with Crippen molar-refractivity contribution in [1.82, 2.24) is 14.4 Å². The number of benzene rings is 1. The lowest BCUT2D eigenvalue weighted by atomic mass is 9.92. The number of rotatable bonds is 9. The number of aliphatic imine (C=N–C) groups is 1. The van der Waals surface area contributed by atoms with Gasteiger partial charge in [-0.15, -0.1) is 0 Å². The zero-order chi connectivity index (χ0) is 30.3. The number of hydrogen-bond donors (Lipinski definition) is 1. The smallest absolute Gasteiger partial charge is 0.388 e. The molecule has 10 heteroatoms. The fourth-order valence-electron chi connectivity index (χ4n) is 4.64. The Hall–Kier alpha value is -4.18. The Morgan fingerprint density at radius 2 is 1.95 bits per heavy atom. The number of carbonyl (C=O) groups excluding carboxylic acids is 1. The van der Waals surface area contributed by atoms with Crippen LogP contribution in [0.4, 0.5) is 18.9 Å². The average Bonchev–Trinajstić information content (AvgIpc) is 2.93. The maximum absolute atomic E-state index is 13.9. The van der Waals surface area contributed by atoms with E-state index >= 15 is 0 Å². The van der Waals surface area contributed by atoms with E-state index in [-0.39, 0.29) is 16.7 Å². The van der Waals surface area contributed by atoms with Crippen molar-refractivity contribution in [2.45, 2.75) is 19.5 Å². The summed E-state index contributed by atoms with van der Waals surface area (Å²) in [7, 11) is 6.39. The van der Waals surface area contributed by atoms with Gasteiger partial charge in [-0.05, 0) is 54.3 Å². The Kier molecular flexibility index (Phi) is 10.3. The normalized spacial score (nSPS) is 15.2. The maximum Gasteiger partial charge on any atom is 0.417 e. The number of alkyl halides is 3. The van der Waals surface area contributed by atoms with Crippen LogP contribution in [0.15, 0.2) is 82.3 Å². The van der Waals surface area contributed by atoms with E-state index in [1.807, 2.05) is 19.1 Å². The van der Waals surface area contributed by atoms with Crippen molar-refractivity contribution >= 4 is 29.1 Å². The first-order valence-corrected chi connectivity index (χ1v) is 13.1. The van der Waals surface area contributed by atoms with Crippen molar-refractivity contribution in [1.29, 1.82) is 0 Å². The van der Waals surface area contributed by atoms with Gasteiger partial charge in [0.15, 0.2) is 0 Å². The first-order chi connectivity index (χ1) is 19.3. The van der Waals surface area contributed by atoms with Crippen molar-refractivity contribution < 1.29 is 18.0 Å². The monoisotopic (exact) mass is 567 g/mol. The van der Waals surface area contributed by atoms with Gasteiger partial charge in [0.05, 0.1) is 11.3 Å². The summed E-state index contributed by atoms with van der Waals surface area (Å²) in [5.41, 5.74) is 2.59. The third-order valence-corrected chi connectivity index (χ3v) is 6.69. The third-order valence-electron chi connectivity index (χ3n) is 6.69. The van der Waals surface area contributed by atoms with Crippen LogP contribution in [0, 0.1) is 0 Å². The van der Waals surface area contributed by atoms with Crippen LogP contribution in [0.2, 0.25) is 0 Å². The summed E-state index contributed by atoms with van der Waals surface area (Å²) in [6.45, 7) is 7.73. The fourth-order valence-corrected chi connectivity index (χ4v) is 4.64. The van der Waals surface area contributed by atoms with Crippen molar-refractivity contribution in [2.75, 3.05) is 53.1 Å². The molecule has 1 aromatic heterocycles. The molecule has 0 radical (unpaired) electrons. The molecule has 0 atom stereocenters. The number of anilines is 1. The highest BCUT2D eigenvalue weighted by Crippen LogP contribution is 2.37. The molecule has 0 saturated carbocycles. The number of nitrogens with one attached hydrogen (secondary N) is 1. The summed E-state index contributed by atoms with van der Waals surface area (Å²) in [5.74, 6) is -0.477. The second-order valence-corrected chi connectivity index (χ2v) is 10.0. The minimum absolute atomic E-state index is 0.00367. The van der Waals surface area contributed by atoms with Crippen LogP contribution >= 0.6 is 0 Å². The molecule has 0 bridgehead atoms. The van der Waals surface area contributed by atoms with E-state index in [2.05, 4.69) is 21.8 Å². The summed E-state index contributed by atoms with van der Waals surface area (Å²) in [6.07, 6.45) is 4.55. The zero-order valence-corrected chi connectivity index (χ0v) is 24.0. The number of pyridine rings is 1. The molecule has 2 aromatic rings. The molecule has 41 heavy (non-hydrogen) atoms. The molecule has 1 amide bonds. The number of nitrogens with zero attached hydrogens (tertiary/aromatic N) is 4. The van der Waals surface area contributed by atoms with Crippen LogP contribution < -0.4 is 10.9 Å². The van der Waals surface area contributed by atoms with E-state index in [0.29, 0.717) is 48.6 Å². The van der Waals surface area contributed by atoms with Gasteiger partial charge in [-0.2, -0.15) is 13.2 Å². The molecule has 0 unspecified atom stereocenters. The van der Waals surface area contributed by atoms with Crippen molar-refractivity contribution in [3.05, 3.63) is 99.5 Å². The molecular formula is C31H36F3N5O2. The molecular weight excluding hydrogens is 531 g/mol. The summed E-state index contributed by atoms with van der Waals surface area (Å²) in [4.78, 5) is 32.3. The minimum atomic E-state index is -4.58. The van der Waals surface area contributed by atoms with Gasteiger partial charge in [-0.25, -0.2) is 0 Å². The molecule has 1 N–H and O–H groups in total. The predicted octanol–water partition coefficient (Wildman–Crippen LogP) is 5.44. The number of amides is 1. The molecule has 1 aliphatic rings. The van der Waals surface area contributed by atoms with Crippen LogP contribution in [-0.4, -0.2) is 74.3 Å². The Labute approximate surface area is 238 Å². The maximum atomic E-state index is 13.9. The number of hydrogen-bond acceptors (Lipinski definition) is 5. The summed E-state index contributed by atoms with van der Waals surface area (Å²) < 4.78 is 43.3. The quantitative estimate of drug-likeness (QED) is 0.324. The standard InChI is InChI=1S/C31H36F3N5O2/c1-21(17-22(2)28(9-13-35-3)39-16-12-25(36-4)19-29(39)40)20-38-14-10-23(11-15-38)26-8-7-24(30(41)37(5)6)18-27(26)31(32,33)34/h7-10,12-13,16-19,36H,2,11,14-15,20H2,1,3-6H3/b21-17+,28-9+,35-13?. The Morgan fingerprint density at radius 3 is 2.51 bits per heavy atom. The first-order valence-electron chi connectivity index (χ1n) is 13.1. The van der Waals surface area contributed by atoms with E-state index in [9.17, 15) is 22.8 Å². The Balaban J connectivity index is 1.78. The topological polar surface area (TPSA) is 69.9 Å². The highest BCUT2D eigenvalue weighted by atomic mass is 19.4. The van der Waals surface area contributed by atoms with E-state index in [1.165, 1.54) is 41.8 Å². The molecule has 0 saturated heterocycles. The molecule has 2 heterocycles. The van der Waals surface area contributed by atoms with E-state index < -0.39 is 17.6 Å². The third kappa shape index (κ3) is 7.94. The second-order valence-electron chi connectivity index (χ2n) is 10.0. The predicted molar refractivity (Wildman–Crippen MR) is 160 cm³/mol. The largest absolute Gasteiger partial charge is 0.417 e. The lowest BCUT2D eigenvalue weighted by Crippen LogP contribution is -2.30. The van der Waals surface area contributed by atoms with Gasteiger partial charge < -0.3 is 10.2 Å². The first kappa shape index (κ1) is 31.3. The van der Waals surface area contributed by atoms with Crippen LogP contribution in [0.25, 0.3) is 11.3 Å². The zero-order valence-electron chi connectivity index (χ0n) is 24.0. The Morgan fingerprint density at radius 1 is 1.22 bits per heavy atom. The molecule has 0 aliphatic carbocycles. The number of aromatic nitrogens is 1. The van der Waals surface area contributed by atoms with Gasteiger partial charge in [0.2, 0.25) is 0 Å². The van der Waals surface area contributed by atoms with E-state index in [4.69, 9.17) is 0 Å².